The average Bonchev–Trinajstić information content (AvgIpc) is 3.03. The third kappa shape index (κ3) is 2.75. The molecule has 2 atom stereocenters. The van der Waals surface area contributed by atoms with Crippen molar-refractivity contribution in [2.24, 2.45) is 5.92 Å². The summed E-state index contributed by atoms with van der Waals surface area (Å²) in [6, 6.07) is 7.36. The molecule has 1 heterocycles. The van der Waals surface area contributed by atoms with Gasteiger partial charge in [0.1, 0.15) is 0 Å². The van der Waals surface area contributed by atoms with Gasteiger partial charge in [-0.05, 0) is 55.8 Å². The second kappa shape index (κ2) is 5.72. The molecule has 2 nitrogen and oxygen atoms in total. The maximum atomic E-state index is 6.42. The Morgan fingerprint density at radius 2 is 2.26 bits per heavy atom. The van der Waals surface area contributed by atoms with E-state index >= 15 is 0 Å². The second-order valence-electron chi connectivity index (χ2n) is 5.94. The summed E-state index contributed by atoms with van der Waals surface area (Å²) in [4.78, 5) is 2.56. The first-order valence-corrected chi connectivity index (χ1v) is 7.91. The molecule has 1 aliphatic carbocycles. The van der Waals surface area contributed by atoms with Gasteiger partial charge in [-0.3, -0.25) is 0 Å². The minimum Gasteiger partial charge on any atom is -0.368 e. The lowest BCUT2D eigenvalue weighted by molar-refractivity contribution is 0.553. The van der Waals surface area contributed by atoms with E-state index in [9.17, 15) is 0 Å². The highest BCUT2D eigenvalue weighted by Crippen LogP contribution is 2.40. The second-order valence-corrected chi connectivity index (χ2v) is 6.34. The maximum absolute atomic E-state index is 6.42. The predicted molar refractivity (Wildman–Crippen MR) is 81.9 cm³/mol. The fraction of sp³-hybridized carbons (Fsp3) is 0.625. The van der Waals surface area contributed by atoms with Gasteiger partial charge in [-0.2, -0.15) is 0 Å². The maximum Gasteiger partial charge on any atom is 0.0471 e. The zero-order valence-electron chi connectivity index (χ0n) is 11.7. The summed E-state index contributed by atoms with van der Waals surface area (Å²) in [7, 11) is 0. The molecule has 1 aromatic rings. The largest absolute Gasteiger partial charge is 0.368 e. The molecular formula is C16H23ClN2. The molecule has 1 saturated carbocycles. The van der Waals surface area contributed by atoms with E-state index in [-0.39, 0.29) is 0 Å². The van der Waals surface area contributed by atoms with Crippen LogP contribution in [0.15, 0.2) is 18.2 Å². The first kappa shape index (κ1) is 13.3. The Balaban J connectivity index is 1.69. The summed E-state index contributed by atoms with van der Waals surface area (Å²) in [5, 5.41) is 4.32. The zero-order valence-corrected chi connectivity index (χ0v) is 12.4. The number of rotatable bonds is 5. The van der Waals surface area contributed by atoms with Gasteiger partial charge in [0.2, 0.25) is 0 Å². The molecular weight excluding hydrogens is 256 g/mol. The Morgan fingerprint density at radius 3 is 2.89 bits per heavy atom. The molecule has 0 aromatic heterocycles. The van der Waals surface area contributed by atoms with Crippen molar-refractivity contribution in [1.29, 1.82) is 0 Å². The summed E-state index contributed by atoms with van der Waals surface area (Å²) in [5.41, 5.74) is 2.53. The molecule has 1 saturated heterocycles. The topological polar surface area (TPSA) is 15.3 Å². The first-order valence-electron chi connectivity index (χ1n) is 7.53. The lowest BCUT2D eigenvalue weighted by Crippen LogP contribution is -2.31. The smallest absolute Gasteiger partial charge is 0.0471 e. The van der Waals surface area contributed by atoms with Crippen molar-refractivity contribution in [1.82, 2.24) is 5.32 Å². The SMILES string of the molecule is CCCNCc1ccc(N2CC3CCC2C3)cc1Cl. The van der Waals surface area contributed by atoms with Gasteiger partial charge >= 0.3 is 0 Å². The molecule has 2 fully saturated rings. The van der Waals surface area contributed by atoms with Crippen LogP contribution in [0.4, 0.5) is 5.69 Å². The molecule has 1 N–H and O–H groups in total. The molecule has 0 spiro atoms. The number of piperidine rings is 1. The van der Waals surface area contributed by atoms with Crippen LogP contribution in [0, 0.1) is 5.92 Å². The standard InChI is InChI=1S/C16H23ClN2/c1-2-7-18-10-13-4-6-15(9-16(13)17)19-11-12-3-5-14(19)8-12/h4,6,9,12,14,18H,2-3,5,7-8,10-11H2,1H3. The Kier molecular flexibility index (Phi) is 3.99. The number of hydrogen-bond donors (Lipinski definition) is 1. The molecule has 2 aliphatic rings. The summed E-state index contributed by atoms with van der Waals surface area (Å²) in [6.45, 7) is 5.33. The summed E-state index contributed by atoms with van der Waals surface area (Å²) >= 11 is 6.42. The van der Waals surface area contributed by atoms with E-state index in [1.54, 1.807) is 0 Å². The van der Waals surface area contributed by atoms with Gasteiger partial charge in [0.05, 0.1) is 0 Å². The minimum absolute atomic E-state index is 0.769. The van der Waals surface area contributed by atoms with Crippen molar-refractivity contribution in [3.63, 3.8) is 0 Å². The fourth-order valence-electron chi connectivity index (χ4n) is 3.50. The van der Waals surface area contributed by atoms with Gasteiger partial charge in [0.15, 0.2) is 0 Å². The van der Waals surface area contributed by atoms with Crippen LogP contribution in [-0.4, -0.2) is 19.1 Å². The van der Waals surface area contributed by atoms with Crippen LogP contribution < -0.4 is 10.2 Å². The summed E-state index contributed by atoms with van der Waals surface area (Å²) in [5.74, 6) is 0.926. The molecule has 3 heteroatoms. The molecule has 2 unspecified atom stereocenters. The van der Waals surface area contributed by atoms with E-state index in [2.05, 4.69) is 35.3 Å². The quantitative estimate of drug-likeness (QED) is 0.824. The Labute approximate surface area is 121 Å². The lowest BCUT2D eigenvalue weighted by atomic mass is 10.1. The van der Waals surface area contributed by atoms with Crippen molar-refractivity contribution in [3.05, 3.63) is 28.8 Å². The van der Waals surface area contributed by atoms with E-state index in [1.807, 2.05) is 0 Å². The lowest BCUT2D eigenvalue weighted by Gasteiger charge is -2.29. The van der Waals surface area contributed by atoms with Crippen molar-refractivity contribution >= 4 is 17.3 Å². The summed E-state index contributed by atoms with van der Waals surface area (Å²) < 4.78 is 0. The van der Waals surface area contributed by atoms with Crippen LogP contribution in [0.25, 0.3) is 0 Å². The fourth-order valence-corrected chi connectivity index (χ4v) is 3.74. The molecule has 104 valence electrons. The highest BCUT2D eigenvalue weighted by molar-refractivity contribution is 6.31. The Hall–Kier alpha value is -0.730. The number of nitrogens with one attached hydrogen (secondary N) is 1. The number of halogens is 1. The Bertz CT molecular complexity index is 446. The van der Waals surface area contributed by atoms with Crippen molar-refractivity contribution in [2.45, 2.75) is 45.2 Å². The molecule has 19 heavy (non-hydrogen) atoms. The van der Waals surface area contributed by atoms with Crippen LogP contribution in [0.1, 0.15) is 38.2 Å². The molecule has 0 radical (unpaired) electrons. The number of benzene rings is 1. The van der Waals surface area contributed by atoms with Crippen LogP contribution in [0.2, 0.25) is 5.02 Å². The average molecular weight is 279 g/mol. The first-order chi connectivity index (χ1) is 9.28. The van der Waals surface area contributed by atoms with Gasteiger partial charge in [-0.25, -0.2) is 0 Å². The minimum atomic E-state index is 0.769. The van der Waals surface area contributed by atoms with Crippen LogP contribution in [0.3, 0.4) is 0 Å². The number of hydrogen-bond acceptors (Lipinski definition) is 2. The number of nitrogens with zero attached hydrogens (tertiary/aromatic N) is 1. The van der Waals surface area contributed by atoms with E-state index in [0.29, 0.717) is 0 Å². The molecule has 3 rings (SSSR count). The molecule has 2 bridgehead atoms. The third-order valence-corrected chi connectivity index (χ3v) is 4.87. The predicted octanol–water partition coefficient (Wildman–Crippen LogP) is 3.83. The van der Waals surface area contributed by atoms with Crippen LogP contribution in [-0.2, 0) is 6.54 Å². The van der Waals surface area contributed by atoms with Crippen molar-refractivity contribution < 1.29 is 0 Å². The number of anilines is 1. The van der Waals surface area contributed by atoms with Gasteiger partial charge in [-0.1, -0.05) is 24.6 Å². The van der Waals surface area contributed by atoms with E-state index in [1.165, 1.54) is 37.1 Å². The van der Waals surface area contributed by atoms with Crippen molar-refractivity contribution in [2.75, 3.05) is 18.0 Å². The third-order valence-electron chi connectivity index (χ3n) is 4.52. The highest BCUT2D eigenvalue weighted by atomic mass is 35.5. The van der Waals surface area contributed by atoms with Crippen molar-refractivity contribution in [3.8, 4) is 0 Å². The Morgan fingerprint density at radius 1 is 1.37 bits per heavy atom. The molecule has 1 aliphatic heterocycles. The van der Waals surface area contributed by atoms with Crippen LogP contribution >= 0.6 is 11.6 Å². The zero-order chi connectivity index (χ0) is 13.2. The summed E-state index contributed by atoms with van der Waals surface area (Å²) in [6.07, 6.45) is 5.33. The van der Waals surface area contributed by atoms with Crippen LogP contribution in [0.5, 0.6) is 0 Å². The van der Waals surface area contributed by atoms with Gasteiger partial charge in [-0.15, -0.1) is 0 Å². The molecule has 1 aromatic carbocycles. The highest BCUT2D eigenvalue weighted by Gasteiger charge is 2.37. The monoisotopic (exact) mass is 278 g/mol. The van der Waals surface area contributed by atoms with Gasteiger partial charge < -0.3 is 10.2 Å². The van der Waals surface area contributed by atoms with E-state index in [0.717, 1.165) is 36.5 Å². The van der Waals surface area contributed by atoms with E-state index in [4.69, 9.17) is 11.6 Å². The number of fused-ring (bicyclic) bond motifs is 2. The normalized spacial score (nSPS) is 25.3. The van der Waals surface area contributed by atoms with Gasteiger partial charge in [0.25, 0.3) is 0 Å². The van der Waals surface area contributed by atoms with Gasteiger partial charge in [0, 0.05) is 29.8 Å². The molecule has 0 amide bonds. The van der Waals surface area contributed by atoms with E-state index < -0.39 is 0 Å².